The Morgan fingerprint density at radius 3 is 1.71 bits per heavy atom. The summed E-state index contributed by atoms with van der Waals surface area (Å²) < 4.78 is 19.4. The summed E-state index contributed by atoms with van der Waals surface area (Å²) in [7, 11) is 0. The molecule has 1 atom stereocenters. The van der Waals surface area contributed by atoms with Gasteiger partial charge in [0.2, 0.25) is 0 Å². The van der Waals surface area contributed by atoms with Crippen LogP contribution in [0.25, 0.3) is 0 Å². The highest BCUT2D eigenvalue weighted by molar-refractivity contribution is 6.47. The molecule has 0 aliphatic carbocycles. The molecule has 0 amide bonds. The van der Waals surface area contributed by atoms with Gasteiger partial charge in [0.05, 0.1) is 0 Å². The molecule has 0 bridgehead atoms. The highest BCUT2D eigenvalue weighted by atomic mass is 35.5. The molecule has 7 heavy (non-hydrogen) atoms. The molecule has 0 saturated carbocycles. The van der Waals surface area contributed by atoms with Crippen LogP contribution in [0.15, 0.2) is 0 Å². The first-order chi connectivity index (χ1) is 2.94. The predicted molar refractivity (Wildman–Crippen MR) is 22.7 cm³/mol. The molecule has 0 aliphatic heterocycles. The molecule has 1 unspecified atom stereocenters. The van der Waals surface area contributed by atoms with Crippen molar-refractivity contribution in [1.29, 1.82) is 0 Å². The molecule has 0 aromatic carbocycles. The smallest absolute Gasteiger partial charge is 0.312 e. The average Bonchev–Trinajstić information content (AvgIpc) is 1.31. The predicted octanol–water partition coefficient (Wildman–Crippen LogP) is 1.38. The molecule has 5 heteroatoms. The summed E-state index contributed by atoms with van der Waals surface area (Å²) in [6, 6.07) is 0. The van der Waals surface area contributed by atoms with Crippen LogP contribution >= 0.6 is 23.2 Å². The van der Waals surface area contributed by atoms with Crippen molar-refractivity contribution in [2.45, 2.75) is 10.9 Å². The summed E-state index contributed by atoms with van der Waals surface area (Å²) in [6.07, 6.45) is -2.84. The number of rotatable bonds is 1. The van der Waals surface area contributed by atoms with Gasteiger partial charge in [-0.3, -0.25) is 0 Å². The fraction of sp³-hybridized carbons (Fsp3) is 1.00. The van der Waals surface area contributed by atoms with Gasteiger partial charge in [0.15, 0.2) is 0 Å². The van der Waals surface area contributed by atoms with Crippen molar-refractivity contribution < 1.29 is 13.9 Å². The zero-order valence-electron chi connectivity index (χ0n) is 3.04. The molecule has 0 aliphatic rings. The fourth-order valence-corrected chi connectivity index (χ4v) is 0. The largest absolute Gasteiger partial charge is 0.360 e. The van der Waals surface area contributed by atoms with E-state index in [0.717, 1.165) is 0 Å². The lowest BCUT2D eigenvalue weighted by Gasteiger charge is -2.06. The van der Waals surface area contributed by atoms with Gasteiger partial charge in [0, 0.05) is 0 Å². The molecule has 0 fully saturated rings. The maximum Gasteiger partial charge on any atom is 0.312 e. The number of hydrogen-bond acceptors (Lipinski definition) is 1. The monoisotopic (exact) mass is 150 g/mol. The van der Waals surface area contributed by atoms with Crippen molar-refractivity contribution >= 4 is 23.2 Å². The molecule has 0 heterocycles. The normalized spacial score (nSPS) is 16.7. The Balaban J connectivity index is 3.54. The van der Waals surface area contributed by atoms with Gasteiger partial charge in [-0.25, -0.2) is 8.78 Å². The van der Waals surface area contributed by atoms with Gasteiger partial charge < -0.3 is 5.11 Å². The fourth-order valence-electron chi connectivity index (χ4n) is 0. The molecular weight excluding hydrogens is 149 g/mol. The molecular formula is C2H2Cl2F2O. The number of hydrogen-bond donors (Lipinski definition) is 1. The molecule has 0 radical (unpaired) electrons. The van der Waals surface area contributed by atoms with E-state index in [4.69, 9.17) is 5.11 Å². The Morgan fingerprint density at radius 2 is 1.71 bits per heavy atom. The van der Waals surface area contributed by atoms with E-state index in [1.165, 1.54) is 0 Å². The van der Waals surface area contributed by atoms with Gasteiger partial charge in [0.25, 0.3) is 6.36 Å². The van der Waals surface area contributed by atoms with Crippen molar-refractivity contribution in [2.75, 3.05) is 0 Å². The van der Waals surface area contributed by atoms with Crippen LogP contribution in [0.1, 0.15) is 0 Å². The highest BCUT2D eigenvalue weighted by Gasteiger charge is 2.32. The second kappa shape index (κ2) is 2.11. The van der Waals surface area contributed by atoms with Crippen LogP contribution in [0.5, 0.6) is 0 Å². The van der Waals surface area contributed by atoms with Crippen LogP contribution in [0.2, 0.25) is 0 Å². The maximum atomic E-state index is 11.4. The number of aliphatic hydroxyl groups excluding tert-OH is 1. The Kier molecular flexibility index (Phi) is 2.23. The zero-order chi connectivity index (χ0) is 6.08. The van der Waals surface area contributed by atoms with Crippen LogP contribution in [0.4, 0.5) is 8.78 Å². The minimum atomic E-state index is -3.17. The summed E-state index contributed by atoms with van der Waals surface area (Å²) in [5.41, 5.74) is 0. The Morgan fingerprint density at radius 1 is 1.57 bits per heavy atom. The van der Waals surface area contributed by atoms with Gasteiger partial charge in [-0.05, 0) is 0 Å². The molecule has 1 nitrogen and oxygen atoms in total. The minimum absolute atomic E-state index is 2.84. The van der Waals surface area contributed by atoms with Crippen molar-refractivity contribution in [3.63, 3.8) is 0 Å². The first kappa shape index (κ1) is 7.40. The van der Waals surface area contributed by atoms with Crippen molar-refractivity contribution in [2.24, 2.45) is 0 Å². The van der Waals surface area contributed by atoms with Gasteiger partial charge in [-0.1, -0.05) is 23.2 Å². The van der Waals surface area contributed by atoms with Crippen molar-refractivity contribution in [3.05, 3.63) is 0 Å². The molecule has 0 aromatic rings. The molecule has 1 N–H and O–H groups in total. The van der Waals surface area contributed by atoms with Gasteiger partial charge in [-0.2, -0.15) is 0 Å². The van der Waals surface area contributed by atoms with E-state index in [2.05, 4.69) is 23.2 Å². The van der Waals surface area contributed by atoms with E-state index < -0.39 is 10.9 Å². The zero-order valence-corrected chi connectivity index (χ0v) is 4.55. The van der Waals surface area contributed by atoms with Crippen LogP contribution in [-0.4, -0.2) is 16.1 Å². The third kappa shape index (κ3) is 3.02. The van der Waals surface area contributed by atoms with Crippen molar-refractivity contribution in [3.8, 4) is 0 Å². The van der Waals surface area contributed by atoms with E-state index in [0.29, 0.717) is 0 Å². The second-order valence-corrected chi connectivity index (χ2v) is 2.17. The lowest BCUT2D eigenvalue weighted by atomic mass is 10.8. The SMILES string of the molecule is OC(F)C(F)(Cl)Cl. The van der Waals surface area contributed by atoms with Crippen LogP contribution < -0.4 is 0 Å². The van der Waals surface area contributed by atoms with E-state index in [1.807, 2.05) is 0 Å². The van der Waals surface area contributed by atoms with E-state index >= 15 is 0 Å². The molecule has 0 saturated heterocycles. The Labute approximate surface area is 48.8 Å². The topological polar surface area (TPSA) is 20.2 Å². The number of alkyl halides is 4. The number of halogens is 4. The molecule has 0 spiro atoms. The number of aliphatic hydroxyl groups is 1. The Bertz CT molecular complexity index is 59.2. The third-order valence-corrected chi connectivity index (χ3v) is 0.630. The van der Waals surface area contributed by atoms with Gasteiger partial charge in [-0.15, -0.1) is 0 Å². The summed E-state index contributed by atoms with van der Waals surface area (Å²) in [6.45, 7) is 0. The van der Waals surface area contributed by atoms with Crippen molar-refractivity contribution in [1.82, 2.24) is 0 Å². The summed E-state index contributed by atoms with van der Waals surface area (Å²) in [5.74, 6) is 0. The molecule has 0 aromatic heterocycles. The van der Waals surface area contributed by atoms with Gasteiger partial charge >= 0.3 is 4.59 Å². The molecule has 44 valence electrons. The highest BCUT2D eigenvalue weighted by Crippen LogP contribution is 2.27. The quantitative estimate of drug-likeness (QED) is 0.561. The lowest BCUT2D eigenvalue weighted by molar-refractivity contribution is -0.0134. The van der Waals surface area contributed by atoms with Crippen LogP contribution in [0, 0.1) is 0 Å². The lowest BCUT2D eigenvalue weighted by Crippen LogP contribution is -2.20. The first-order valence-electron chi connectivity index (χ1n) is 1.33. The third-order valence-electron chi connectivity index (χ3n) is 0.270. The van der Waals surface area contributed by atoms with Crippen LogP contribution in [-0.2, 0) is 0 Å². The van der Waals surface area contributed by atoms with E-state index in [9.17, 15) is 8.78 Å². The van der Waals surface area contributed by atoms with E-state index in [1.54, 1.807) is 0 Å². The summed E-state index contributed by atoms with van der Waals surface area (Å²) >= 11 is 8.68. The maximum absolute atomic E-state index is 11.4. The van der Waals surface area contributed by atoms with Gasteiger partial charge in [0.1, 0.15) is 0 Å². The second-order valence-electron chi connectivity index (χ2n) is 0.877. The standard InChI is InChI=1S/C2H2Cl2F2O/c3-2(4,6)1(5)7/h1,7H. The summed E-state index contributed by atoms with van der Waals surface area (Å²) in [4.78, 5) is 0. The summed E-state index contributed by atoms with van der Waals surface area (Å²) in [5, 5.41) is 7.58. The van der Waals surface area contributed by atoms with Crippen LogP contribution in [0.3, 0.4) is 0 Å². The first-order valence-corrected chi connectivity index (χ1v) is 2.09. The van der Waals surface area contributed by atoms with E-state index in [-0.39, 0.29) is 0 Å². The average molecular weight is 151 g/mol. The minimum Gasteiger partial charge on any atom is -0.360 e. The Hall–Kier alpha value is 0.400. The molecule has 0 rings (SSSR count).